The van der Waals surface area contributed by atoms with Gasteiger partial charge >= 0.3 is 5.97 Å². The molecule has 0 bridgehead atoms. The lowest BCUT2D eigenvalue weighted by molar-refractivity contribution is -0.384. The lowest BCUT2D eigenvalue weighted by Crippen LogP contribution is -2.36. The molecule has 1 N–H and O–H groups in total. The van der Waals surface area contributed by atoms with Gasteiger partial charge in [-0.2, -0.15) is 0 Å². The lowest BCUT2D eigenvalue weighted by Gasteiger charge is -2.29. The van der Waals surface area contributed by atoms with E-state index in [1.54, 1.807) is 31.2 Å². The number of nitro benzene ring substituents is 1. The molecule has 0 saturated carbocycles. The van der Waals surface area contributed by atoms with Crippen LogP contribution in [0, 0.1) is 16.0 Å². The first-order valence-corrected chi connectivity index (χ1v) is 8.37. The van der Waals surface area contributed by atoms with Crippen LogP contribution in [0.3, 0.4) is 0 Å². The van der Waals surface area contributed by atoms with Gasteiger partial charge in [0.05, 0.1) is 4.92 Å². The van der Waals surface area contributed by atoms with Crippen LogP contribution in [0.15, 0.2) is 53.5 Å². The topological polar surface area (TPSA) is 136 Å². The minimum absolute atomic E-state index is 0.0203. The molecule has 28 heavy (non-hydrogen) atoms. The zero-order valence-electron chi connectivity index (χ0n) is 14.6. The molecule has 10 nitrogen and oxygen atoms in total. The van der Waals surface area contributed by atoms with Gasteiger partial charge in [0.15, 0.2) is 0 Å². The van der Waals surface area contributed by atoms with Gasteiger partial charge in [0.1, 0.15) is 12.0 Å². The highest BCUT2D eigenvalue weighted by Gasteiger charge is 2.40. The largest absolute Gasteiger partial charge is 0.481 e. The van der Waals surface area contributed by atoms with E-state index in [4.69, 9.17) is 0 Å². The third-order valence-electron chi connectivity index (χ3n) is 4.72. The maximum atomic E-state index is 12.0. The summed E-state index contributed by atoms with van der Waals surface area (Å²) < 4.78 is 1.40. The molecule has 0 amide bonds. The monoisotopic (exact) mass is 378 g/mol. The average molecular weight is 378 g/mol. The number of carboxylic acid groups (broad SMARTS) is 1. The summed E-state index contributed by atoms with van der Waals surface area (Å²) >= 11 is 0. The first-order valence-electron chi connectivity index (χ1n) is 8.37. The number of non-ortho nitro benzene ring substituents is 1. The summed E-state index contributed by atoms with van der Waals surface area (Å²) in [5.41, 5.74) is 2.53. The fourth-order valence-electron chi connectivity index (χ4n) is 3.45. The number of benzene rings is 2. The molecule has 1 aliphatic heterocycles. The van der Waals surface area contributed by atoms with E-state index in [0.29, 0.717) is 11.3 Å². The lowest BCUT2D eigenvalue weighted by atomic mass is 9.84. The molecule has 2 aromatic carbocycles. The number of nitro groups is 1. The first-order chi connectivity index (χ1) is 13.5. The Morgan fingerprint density at radius 2 is 1.89 bits per heavy atom. The second kappa shape index (κ2) is 6.65. The van der Waals surface area contributed by atoms with Crippen molar-refractivity contribution in [1.82, 2.24) is 20.2 Å². The summed E-state index contributed by atoms with van der Waals surface area (Å²) in [5.74, 6) is -1.75. The summed E-state index contributed by atoms with van der Waals surface area (Å²) in [6, 6.07) is 12.7. The molecule has 140 valence electrons. The van der Waals surface area contributed by atoms with Crippen LogP contribution in [0.5, 0.6) is 0 Å². The Balaban J connectivity index is 1.89. The van der Waals surface area contributed by atoms with Crippen LogP contribution in [-0.4, -0.2) is 41.9 Å². The number of nitrogens with zero attached hydrogens (tertiary/aromatic N) is 6. The van der Waals surface area contributed by atoms with E-state index in [9.17, 15) is 20.0 Å². The molecule has 0 aliphatic carbocycles. The van der Waals surface area contributed by atoms with E-state index in [0.717, 1.165) is 11.1 Å². The van der Waals surface area contributed by atoms with Crippen LogP contribution >= 0.6 is 0 Å². The van der Waals surface area contributed by atoms with Crippen molar-refractivity contribution >= 4 is 23.3 Å². The standard InChI is InChI=1S/C18H14N6O4/c1-10-15(17(25)26)16(23-18(19-10)20-21-22-23)14-5-3-2-4-13(14)11-6-8-12(9-7-11)24(27)28/h2-9,15-16H,1H3,(H,25,26). The number of carbonyl (C=O) groups is 1. The Hall–Kier alpha value is -3.95. The number of rotatable bonds is 4. The van der Waals surface area contributed by atoms with Crippen molar-refractivity contribution in [2.45, 2.75) is 13.0 Å². The predicted octanol–water partition coefficient (Wildman–Crippen LogP) is 2.64. The third-order valence-corrected chi connectivity index (χ3v) is 4.72. The molecule has 1 aliphatic rings. The highest BCUT2D eigenvalue weighted by Crippen LogP contribution is 2.39. The van der Waals surface area contributed by atoms with E-state index in [-0.39, 0.29) is 11.6 Å². The minimum Gasteiger partial charge on any atom is -0.481 e. The molecule has 2 atom stereocenters. The molecular formula is C18H14N6O4. The van der Waals surface area contributed by atoms with E-state index in [1.165, 1.54) is 16.8 Å². The normalized spacial score (nSPS) is 18.2. The maximum absolute atomic E-state index is 12.0. The molecule has 0 fully saturated rings. The number of aromatic nitrogens is 4. The summed E-state index contributed by atoms with van der Waals surface area (Å²) in [6.45, 7) is 1.64. The number of hydrogen-bond donors (Lipinski definition) is 1. The first kappa shape index (κ1) is 17.5. The molecule has 2 heterocycles. The van der Waals surface area contributed by atoms with Gasteiger partial charge in [-0.3, -0.25) is 14.9 Å². The zero-order chi connectivity index (χ0) is 19.8. The van der Waals surface area contributed by atoms with Gasteiger partial charge in [-0.25, -0.2) is 9.67 Å². The van der Waals surface area contributed by atoms with E-state index in [1.807, 2.05) is 12.1 Å². The van der Waals surface area contributed by atoms with E-state index >= 15 is 0 Å². The fraction of sp³-hybridized carbons (Fsp3) is 0.167. The fourth-order valence-corrected chi connectivity index (χ4v) is 3.45. The quantitative estimate of drug-likeness (QED) is 0.544. The molecule has 10 heteroatoms. The number of carboxylic acids is 1. The Morgan fingerprint density at radius 1 is 1.18 bits per heavy atom. The highest BCUT2D eigenvalue weighted by atomic mass is 16.6. The van der Waals surface area contributed by atoms with Gasteiger partial charge in [0, 0.05) is 17.8 Å². The Kier molecular flexibility index (Phi) is 4.15. The van der Waals surface area contributed by atoms with Crippen LogP contribution in [0.2, 0.25) is 0 Å². The van der Waals surface area contributed by atoms with Crippen LogP contribution < -0.4 is 0 Å². The van der Waals surface area contributed by atoms with Crippen LogP contribution in [0.1, 0.15) is 18.5 Å². The SMILES string of the molecule is CC1=Nc2nnnn2C(c2ccccc2-c2ccc([N+](=O)[O-])cc2)C1C(=O)O. The molecule has 3 aromatic rings. The Morgan fingerprint density at radius 3 is 2.57 bits per heavy atom. The predicted molar refractivity (Wildman–Crippen MR) is 98.4 cm³/mol. The molecule has 4 rings (SSSR count). The molecule has 0 radical (unpaired) electrons. The van der Waals surface area contributed by atoms with Crippen molar-refractivity contribution < 1.29 is 14.8 Å². The van der Waals surface area contributed by atoms with E-state index in [2.05, 4.69) is 20.5 Å². The number of hydrogen-bond acceptors (Lipinski definition) is 7. The van der Waals surface area contributed by atoms with Crippen molar-refractivity contribution in [3.05, 3.63) is 64.2 Å². The average Bonchev–Trinajstić information content (AvgIpc) is 3.14. The number of fused-ring (bicyclic) bond motifs is 1. The molecule has 0 spiro atoms. The van der Waals surface area contributed by atoms with Gasteiger partial charge in [0.25, 0.3) is 11.6 Å². The van der Waals surface area contributed by atoms with Gasteiger partial charge in [-0.05, 0) is 46.2 Å². The van der Waals surface area contributed by atoms with Crippen LogP contribution in [-0.2, 0) is 4.79 Å². The highest BCUT2D eigenvalue weighted by molar-refractivity contribution is 6.03. The van der Waals surface area contributed by atoms with Crippen molar-refractivity contribution in [3.63, 3.8) is 0 Å². The summed E-state index contributed by atoms with van der Waals surface area (Å²) in [4.78, 5) is 26.7. The van der Waals surface area contributed by atoms with E-state index < -0.39 is 22.9 Å². The molecule has 0 saturated heterocycles. The van der Waals surface area contributed by atoms with Crippen molar-refractivity contribution in [2.24, 2.45) is 10.9 Å². The maximum Gasteiger partial charge on any atom is 0.314 e. The van der Waals surface area contributed by atoms with Gasteiger partial charge < -0.3 is 5.11 Å². The van der Waals surface area contributed by atoms with Gasteiger partial charge in [-0.1, -0.05) is 29.4 Å². The number of tetrazole rings is 1. The second-order valence-electron chi connectivity index (χ2n) is 6.33. The van der Waals surface area contributed by atoms with Gasteiger partial charge in [0.2, 0.25) is 0 Å². The summed E-state index contributed by atoms with van der Waals surface area (Å²) in [6.07, 6.45) is 0. The van der Waals surface area contributed by atoms with Crippen molar-refractivity contribution in [2.75, 3.05) is 0 Å². The molecular weight excluding hydrogens is 364 g/mol. The van der Waals surface area contributed by atoms with Crippen LogP contribution in [0.4, 0.5) is 11.6 Å². The molecule has 2 unspecified atom stereocenters. The Bertz CT molecular complexity index is 1110. The van der Waals surface area contributed by atoms with Crippen molar-refractivity contribution in [3.8, 4) is 11.1 Å². The summed E-state index contributed by atoms with van der Waals surface area (Å²) in [7, 11) is 0. The Labute approximate surface area is 158 Å². The smallest absolute Gasteiger partial charge is 0.314 e. The minimum atomic E-state index is -1.04. The van der Waals surface area contributed by atoms with Gasteiger partial charge in [-0.15, -0.1) is 0 Å². The summed E-state index contributed by atoms with van der Waals surface area (Å²) in [5, 5.41) is 32.2. The zero-order valence-corrected chi connectivity index (χ0v) is 14.6. The van der Waals surface area contributed by atoms with Crippen LogP contribution in [0.25, 0.3) is 11.1 Å². The number of aliphatic imine (C=N–C) groups is 1. The third kappa shape index (κ3) is 2.80. The number of aliphatic carboxylic acids is 1. The second-order valence-corrected chi connectivity index (χ2v) is 6.33. The van der Waals surface area contributed by atoms with Crippen molar-refractivity contribution in [1.29, 1.82) is 0 Å². The molecule has 1 aromatic heterocycles.